The van der Waals surface area contributed by atoms with Gasteiger partial charge in [0, 0.05) is 24.3 Å². The number of halogens is 1. The van der Waals surface area contributed by atoms with E-state index >= 15 is 0 Å². The molecule has 0 unspecified atom stereocenters. The molecule has 70 valence electrons. The van der Waals surface area contributed by atoms with Gasteiger partial charge in [-0.25, -0.2) is 9.97 Å². The Morgan fingerprint density at radius 3 is 2.77 bits per heavy atom. The molecule has 0 aromatic carbocycles. The minimum atomic E-state index is -0.221. The van der Waals surface area contributed by atoms with Crippen molar-refractivity contribution in [3.63, 3.8) is 0 Å². The van der Waals surface area contributed by atoms with Crippen LogP contribution in [0.3, 0.4) is 0 Å². The lowest BCUT2D eigenvalue weighted by atomic mass is 10.4. The second-order valence-electron chi connectivity index (χ2n) is 2.37. The van der Waals surface area contributed by atoms with Crippen LogP contribution in [0.15, 0.2) is 18.5 Å². The summed E-state index contributed by atoms with van der Waals surface area (Å²) >= 11 is 3.27. The van der Waals surface area contributed by atoms with Crippen LogP contribution < -0.4 is 5.32 Å². The van der Waals surface area contributed by atoms with Gasteiger partial charge >= 0.3 is 0 Å². The van der Waals surface area contributed by atoms with E-state index in [4.69, 9.17) is 0 Å². The van der Waals surface area contributed by atoms with Crippen LogP contribution in [0.4, 0.5) is 0 Å². The first-order chi connectivity index (χ1) is 6.34. The second-order valence-corrected chi connectivity index (χ2v) is 3.16. The van der Waals surface area contributed by atoms with Crippen molar-refractivity contribution >= 4 is 21.8 Å². The van der Waals surface area contributed by atoms with Crippen molar-refractivity contribution in [3.05, 3.63) is 24.3 Å². The number of rotatable bonds is 4. The van der Waals surface area contributed by atoms with Gasteiger partial charge < -0.3 is 5.32 Å². The lowest BCUT2D eigenvalue weighted by Crippen LogP contribution is -2.26. The number of hydrogen-bond donors (Lipinski definition) is 1. The first-order valence-electron chi connectivity index (χ1n) is 3.96. The van der Waals surface area contributed by atoms with Gasteiger partial charge in [0.05, 0.1) is 0 Å². The molecular weight excluding hydrogens is 234 g/mol. The molecule has 0 aliphatic heterocycles. The predicted octanol–water partition coefficient (Wildman–Crippen LogP) is 0.991. The number of alkyl halides is 1. The summed E-state index contributed by atoms with van der Waals surface area (Å²) in [6, 6.07) is 1.68. The standard InChI is InChI=1S/C8H10BrN3O/c9-3-1-4-12-8(13)7-10-5-2-6-11-7/h2,5-6H,1,3-4H2,(H,12,13). The minimum Gasteiger partial charge on any atom is -0.349 e. The quantitative estimate of drug-likeness (QED) is 0.634. The van der Waals surface area contributed by atoms with Crippen molar-refractivity contribution in [1.82, 2.24) is 15.3 Å². The molecule has 4 nitrogen and oxygen atoms in total. The number of nitrogens with zero attached hydrogens (tertiary/aromatic N) is 2. The van der Waals surface area contributed by atoms with Gasteiger partial charge in [0.15, 0.2) is 0 Å². The van der Waals surface area contributed by atoms with E-state index in [-0.39, 0.29) is 11.7 Å². The molecule has 0 bridgehead atoms. The Morgan fingerprint density at radius 2 is 2.15 bits per heavy atom. The molecule has 0 aliphatic carbocycles. The number of carbonyl (C=O) groups is 1. The van der Waals surface area contributed by atoms with Gasteiger partial charge in [-0.2, -0.15) is 0 Å². The maximum Gasteiger partial charge on any atom is 0.289 e. The Hall–Kier alpha value is -0.970. The molecule has 0 atom stereocenters. The van der Waals surface area contributed by atoms with Crippen LogP contribution in [0.25, 0.3) is 0 Å². The summed E-state index contributed by atoms with van der Waals surface area (Å²) in [5, 5.41) is 3.58. The topological polar surface area (TPSA) is 54.9 Å². The molecule has 1 heterocycles. The zero-order valence-corrected chi connectivity index (χ0v) is 8.62. The third kappa shape index (κ3) is 3.50. The fourth-order valence-electron chi connectivity index (χ4n) is 0.764. The monoisotopic (exact) mass is 243 g/mol. The first kappa shape index (κ1) is 10.1. The highest BCUT2D eigenvalue weighted by atomic mass is 79.9. The van der Waals surface area contributed by atoms with Crippen molar-refractivity contribution < 1.29 is 4.79 Å². The summed E-state index contributed by atoms with van der Waals surface area (Å²) in [5.74, 6) is -0.00128. The summed E-state index contributed by atoms with van der Waals surface area (Å²) in [4.78, 5) is 18.9. The number of nitrogens with one attached hydrogen (secondary N) is 1. The van der Waals surface area contributed by atoms with Crippen molar-refractivity contribution in [1.29, 1.82) is 0 Å². The second kappa shape index (κ2) is 5.64. The van der Waals surface area contributed by atoms with Crippen molar-refractivity contribution in [2.24, 2.45) is 0 Å². The highest BCUT2D eigenvalue weighted by Gasteiger charge is 2.05. The van der Waals surface area contributed by atoms with Gasteiger partial charge in [-0.15, -0.1) is 0 Å². The maximum atomic E-state index is 11.3. The number of amides is 1. The Labute approximate surface area is 84.9 Å². The molecule has 1 rings (SSSR count). The summed E-state index contributed by atoms with van der Waals surface area (Å²) in [6.45, 7) is 0.641. The average molecular weight is 244 g/mol. The molecule has 1 aromatic heterocycles. The largest absolute Gasteiger partial charge is 0.349 e. The SMILES string of the molecule is O=C(NCCCBr)c1ncccn1. The van der Waals surface area contributed by atoms with E-state index < -0.39 is 0 Å². The van der Waals surface area contributed by atoms with Crippen LogP contribution in [0.5, 0.6) is 0 Å². The van der Waals surface area contributed by atoms with Crippen LogP contribution in [0.2, 0.25) is 0 Å². The molecule has 5 heteroatoms. The highest BCUT2D eigenvalue weighted by molar-refractivity contribution is 9.09. The number of carbonyl (C=O) groups excluding carboxylic acids is 1. The van der Waals surface area contributed by atoms with Crippen molar-refractivity contribution in [2.45, 2.75) is 6.42 Å². The van der Waals surface area contributed by atoms with Crippen LogP contribution in [-0.4, -0.2) is 27.7 Å². The van der Waals surface area contributed by atoms with E-state index in [9.17, 15) is 4.79 Å². The normalized spacial score (nSPS) is 9.62. The summed E-state index contributed by atoms with van der Waals surface area (Å²) < 4.78 is 0. The number of aromatic nitrogens is 2. The average Bonchev–Trinajstić information content (AvgIpc) is 2.19. The van der Waals surface area contributed by atoms with E-state index in [2.05, 4.69) is 31.2 Å². The van der Waals surface area contributed by atoms with Gasteiger partial charge in [-0.1, -0.05) is 15.9 Å². The van der Waals surface area contributed by atoms with Crippen molar-refractivity contribution in [3.8, 4) is 0 Å². The molecule has 0 aliphatic rings. The zero-order valence-electron chi connectivity index (χ0n) is 7.03. The van der Waals surface area contributed by atoms with E-state index in [1.54, 1.807) is 18.5 Å². The maximum absolute atomic E-state index is 11.3. The fourth-order valence-corrected chi connectivity index (χ4v) is 1.04. The van der Waals surface area contributed by atoms with E-state index in [0.717, 1.165) is 11.8 Å². The fraction of sp³-hybridized carbons (Fsp3) is 0.375. The summed E-state index contributed by atoms with van der Waals surface area (Å²) in [7, 11) is 0. The Balaban J connectivity index is 2.40. The molecule has 1 aromatic rings. The Morgan fingerprint density at radius 1 is 1.46 bits per heavy atom. The molecule has 1 N–H and O–H groups in total. The third-order valence-electron chi connectivity index (χ3n) is 1.36. The van der Waals surface area contributed by atoms with Crippen molar-refractivity contribution in [2.75, 3.05) is 11.9 Å². The van der Waals surface area contributed by atoms with Gasteiger partial charge in [0.25, 0.3) is 5.91 Å². The van der Waals surface area contributed by atoms with E-state index in [0.29, 0.717) is 6.54 Å². The smallest absolute Gasteiger partial charge is 0.289 e. The molecule has 1 amide bonds. The van der Waals surface area contributed by atoms with Crippen LogP contribution in [0, 0.1) is 0 Å². The lowest BCUT2D eigenvalue weighted by molar-refractivity contribution is 0.0943. The molecule has 0 radical (unpaired) electrons. The van der Waals surface area contributed by atoms with E-state index in [1.165, 1.54) is 0 Å². The minimum absolute atomic E-state index is 0.220. The lowest BCUT2D eigenvalue weighted by Gasteiger charge is -2.00. The van der Waals surface area contributed by atoms with Gasteiger partial charge in [-0.3, -0.25) is 4.79 Å². The van der Waals surface area contributed by atoms with E-state index in [1.807, 2.05) is 0 Å². The molecule has 0 fully saturated rings. The summed E-state index contributed by atoms with van der Waals surface area (Å²) in [6.07, 6.45) is 4.00. The zero-order chi connectivity index (χ0) is 9.52. The molecule has 0 spiro atoms. The van der Waals surface area contributed by atoms with Crippen LogP contribution in [0.1, 0.15) is 17.0 Å². The molecule has 0 saturated heterocycles. The third-order valence-corrected chi connectivity index (χ3v) is 1.93. The van der Waals surface area contributed by atoms with Crippen LogP contribution >= 0.6 is 15.9 Å². The Bertz CT molecular complexity index is 265. The first-order valence-corrected chi connectivity index (χ1v) is 5.08. The van der Waals surface area contributed by atoms with Gasteiger partial charge in [-0.05, 0) is 12.5 Å². The molecular formula is C8H10BrN3O. The number of hydrogen-bond acceptors (Lipinski definition) is 3. The van der Waals surface area contributed by atoms with Crippen LogP contribution in [-0.2, 0) is 0 Å². The predicted molar refractivity (Wildman–Crippen MR) is 52.8 cm³/mol. The molecule has 0 saturated carbocycles. The van der Waals surface area contributed by atoms with Gasteiger partial charge in [0.1, 0.15) is 0 Å². The highest BCUT2D eigenvalue weighted by Crippen LogP contribution is 1.89. The Kier molecular flexibility index (Phi) is 4.39. The van der Waals surface area contributed by atoms with Gasteiger partial charge in [0.2, 0.25) is 5.82 Å². The molecule has 13 heavy (non-hydrogen) atoms. The summed E-state index contributed by atoms with van der Waals surface area (Å²) in [5.41, 5.74) is 0.